The lowest BCUT2D eigenvalue weighted by Gasteiger charge is -2.35. The van der Waals surface area contributed by atoms with Gasteiger partial charge in [0.2, 0.25) is 0 Å². The molecule has 1 unspecified atom stereocenters. The molecule has 16 heavy (non-hydrogen) atoms. The summed E-state index contributed by atoms with van der Waals surface area (Å²) in [5, 5.41) is 3.20. The molecule has 1 fully saturated rings. The summed E-state index contributed by atoms with van der Waals surface area (Å²) < 4.78 is 27.0. The van der Waals surface area contributed by atoms with E-state index in [0.717, 1.165) is 25.5 Å². The minimum atomic E-state index is -0.823. The molecule has 0 aliphatic carbocycles. The second-order valence-electron chi connectivity index (χ2n) is 4.67. The zero-order valence-corrected chi connectivity index (χ0v) is 9.32. The van der Waals surface area contributed by atoms with E-state index in [4.69, 9.17) is 5.73 Å². The number of nitrogens with one attached hydrogen (secondary N) is 1. The van der Waals surface area contributed by atoms with Crippen LogP contribution in [0.3, 0.4) is 0 Å². The third-order valence-corrected chi connectivity index (χ3v) is 3.33. The van der Waals surface area contributed by atoms with Gasteiger partial charge in [0, 0.05) is 23.2 Å². The van der Waals surface area contributed by atoms with Crippen LogP contribution in [0.1, 0.15) is 25.3 Å². The number of benzene rings is 1. The van der Waals surface area contributed by atoms with Gasteiger partial charge >= 0.3 is 0 Å². The summed E-state index contributed by atoms with van der Waals surface area (Å²) in [6.45, 7) is 3.48. The maximum Gasteiger partial charge on any atom is 0.164 e. The SMILES string of the molecule is CC1(c2c(N)ccc(F)c2F)CCCNC1. The maximum atomic E-state index is 13.8. The topological polar surface area (TPSA) is 38.0 Å². The summed E-state index contributed by atoms with van der Waals surface area (Å²) in [7, 11) is 0. The van der Waals surface area contributed by atoms with Crippen molar-refractivity contribution in [2.75, 3.05) is 18.8 Å². The highest BCUT2D eigenvalue weighted by molar-refractivity contribution is 5.52. The highest BCUT2D eigenvalue weighted by Gasteiger charge is 2.34. The van der Waals surface area contributed by atoms with Crippen LogP contribution in [0.25, 0.3) is 0 Å². The fourth-order valence-electron chi connectivity index (χ4n) is 2.45. The van der Waals surface area contributed by atoms with Crippen LogP contribution in [0.2, 0.25) is 0 Å². The van der Waals surface area contributed by atoms with Crippen molar-refractivity contribution in [2.45, 2.75) is 25.2 Å². The number of hydrogen-bond acceptors (Lipinski definition) is 2. The van der Waals surface area contributed by atoms with Crippen molar-refractivity contribution >= 4 is 5.69 Å². The van der Waals surface area contributed by atoms with Gasteiger partial charge in [-0.1, -0.05) is 6.92 Å². The summed E-state index contributed by atoms with van der Waals surface area (Å²) in [5.41, 5.74) is 6.02. The molecule has 0 amide bonds. The zero-order chi connectivity index (χ0) is 11.8. The first-order chi connectivity index (χ1) is 7.54. The number of nitrogen functional groups attached to an aromatic ring is 1. The fourth-order valence-corrected chi connectivity index (χ4v) is 2.45. The first-order valence-electron chi connectivity index (χ1n) is 5.49. The summed E-state index contributed by atoms with van der Waals surface area (Å²) in [4.78, 5) is 0. The van der Waals surface area contributed by atoms with Crippen LogP contribution in [0.15, 0.2) is 12.1 Å². The average molecular weight is 226 g/mol. The van der Waals surface area contributed by atoms with Gasteiger partial charge in [-0.2, -0.15) is 0 Å². The van der Waals surface area contributed by atoms with E-state index in [0.29, 0.717) is 17.8 Å². The van der Waals surface area contributed by atoms with Crippen LogP contribution >= 0.6 is 0 Å². The lowest BCUT2D eigenvalue weighted by Crippen LogP contribution is -2.42. The second kappa shape index (κ2) is 4.01. The Balaban J connectivity index is 2.49. The molecule has 0 radical (unpaired) electrons. The monoisotopic (exact) mass is 226 g/mol. The van der Waals surface area contributed by atoms with Crippen molar-refractivity contribution in [2.24, 2.45) is 0 Å². The summed E-state index contributed by atoms with van der Waals surface area (Å²) in [5.74, 6) is -1.62. The molecule has 0 bridgehead atoms. The molecule has 1 aromatic rings. The summed E-state index contributed by atoms with van der Waals surface area (Å²) in [6.07, 6.45) is 1.77. The lowest BCUT2D eigenvalue weighted by molar-refractivity contribution is 0.325. The number of anilines is 1. The molecule has 1 aliphatic heterocycles. The number of rotatable bonds is 1. The van der Waals surface area contributed by atoms with Gasteiger partial charge in [0.05, 0.1) is 0 Å². The standard InChI is InChI=1S/C12H16F2N2/c1-12(5-2-6-16-7-12)10-9(15)4-3-8(13)11(10)14/h3-4,16H,2,5-7,15H2,1H3. The van der Waals surface area contributed by atoms with Crippen LogP contribution in [0.5, 0.6) is 0 Å². The molecular weight excluding hydrogens is 210 g/mol. The molecule has 1 atom stereocenters. The van der Waals surface area contributed by atoms with Crippen molar-refractivity contribution < 1.29 is 8.78 Å². The van der Waals surface area contributed by atoms with Crippen molar-refractivity contribution in [3.63, 3.8) is 0 Å². The minimum absolute atomic E-state index is 0.319. The van der Waals surface area contributed by atoms with Crippen molar-refractivity contribution in [1.29, 1.82) is 0 Å². The van der Waals surface area contributed by atoms with E-state index in [2.05, 4.69) is 5.32 Å². The second-order valence-corrected chi connectivity index (χ2v) is 4.67. The fraction of sp³-hybridized carbons (Fsp3) is 0.500. The van der Waals surface area contributed by atoms with E-state index in [-0.39, 0.29) is 0 Å². The van der Waals surface area contributed by atoms with Crippen LogP contribution in [-0.4, -0.2) is 13.1 Å². The Morgan fingerprint density at radius 2 is 2.12 bits per heavy atom. The van der Waals surface area contributed by atoms with Gasteiger partial charge in [-0.25, -0.2) is 8.78 Å². The summed E-state index contributed by atoms with van der Waals surface area (Å²) in [6, 6.07) is 2.52. The van der Waals surface area contributed by atoms with E-state index < -0.39 is 17.0 Å². The smallest absolute Gasteiger partial charge is 0.164 e. The largest absolute Gasteiger partial charge is 0.398 e. The first-order valence-corrected chi connectivity index (χ1v) is 5.49. The van der Waals surface area contributed by atoms with E-state index in [1.165, 1.54) is 6.07 Å². The molecule has 0 aromatic heterocycles. The molecule has 2 rings (SSSR count). The predicted molar refractivity (Wildman–Crippen MR) is 60.2 cm³/mol. The zero-order valence-electron chi connectivity index (χ0n) is 9.32. The Bertz CT molecular complexity index is 398. The van der Waals surface area contributed by atoms with E-state index >= 15 is 0 Å². The average Bonchev–Trinajstić information content (AvgIpc) is 2.25. The van der Waals surface area contributed by atoms with Gasteiger partial charge in [0.25, 0.3) is 0 Å². The molecule has 0 spiro atoms. The molecule has 2 nitrogen and oxygen atoms in total. The molecule has 1 aromatic carbocycles. The third-order valence-electron chi connectivity index (χ3n) is 3.33. The van der Waals surface area contributed by atoms with Gasteiger partial charge in [-0.05, 0) is 31.5 Å². The first kappa shape index (κ1) is 11.3. The predicted octanol–water partition coefficient (Wildman–Crippen LogP) is 2.19. The van der Waals surface area contributed by atoms with Crippen LogP contribution in [0.4, 0.5) is 14.5 Å². The quantitative estimate of drug-likeness (QED) is 0.720. The molecule has 88 valence electrons. The Hall–Kier alpha value is -1.16. The Labute approximate surface area is 93.8 Å². The third kappa shape index (κ3) is 1.78. The number of piperidine rings is 1. The molecule has 3 N–H and O–H groups in total. The van der Waals surface area contributed by atoms with Crippen molar-refractivity contribution in [3.8, 4) is 0 Å². The highest BCUT2D eigenvalue weighted by Crippen LogP contribution is 2.36. The molecule has 1 saturated heterocycles. The van der Waals surface area contributed by atoms with Crippen LogP contribution in [0, 0.1) is 11.6 Å². The molecule has 1 aliphatic rings. The minimum Gasteiger partial charge on any atom is -0.398 e. The van der Waals surface area contributed by atoms with Crippen LogP contribution in [-0.2, 0) is 5.41 Å². The van der Waals surface area contributed by atoms with Gasteiger partial charge < -0.3 is 11.1 Å². The number of halogens is 2. The van der Waals surface area contributed by atoms with Gasteiger partial charge in [-0.15, -0.1) is 0 Å². The molecule has 0 saturated carbocycles. The van der Waals surface area contributed by atoms with Gasteiger partial charge in [0.1, 0.15) is 0 Å². The molecular formula is C12H16F2N2. The van der Waals surface area contributed by atoms with Crippen molar-refractivity contribution in [1.82, 2.24) is 5.32 Å². The van der Waals surface area contributed by atoms with E-state index in [1.807, 2.05) is 6.92 Å². The maximum absolute atomic E-state index is 13.8. The molecule has 4 heteroatoms. The Morgan fingerprint density at radius 3 is 2.75 bits per heavy atom. The number of hydrogen-bond donors (Lipinski definition) is 2. The van der Waals surface area contributed by atoms with Gasteiger partial charge in [-0.3, -0.25) is 0 Å². The Kier molecular flexibility index (Phi) is 2.84. The van der Waals surface area contributed by atoms with Crippen molar-refractivity contribution in [3.05, 3.63) is 29.3 Å². The lowest BCUT2D eigenvalue weighted by atomic mass is 9.75. The van der Waals surface area contributed by atoms with E-state index in [1.54, 1.807) is 0 Å². The Morgan fingerprint density at radius 1 is 1.38 bits per heavy atom. The summed E-state index contributed by atoms with van der Waals surface area (Å²) >= 11 is 0. The highest BCUT2D eigenvalue weighted by atomic mass is 19.2. The number of nitrogens with two attached hydrogens (primary N) is 1. The van der Waals surface area contributed by atoms with E-state index in [9.17, 15) is 8.78 Å². The normalized spacial score (nSPS) is 25.7. The van der Waals surface area contributed by atoms with Gasteiger partial charge in [0.15, 0.2) is 11.6 Å². The molecule has 1 heterocycles. The van der Waals surface area contributed by atoms with Crippen LogP contribution < -0.4 is 11.1 Å².